The van der Waals surface area contributed by atoms with Gasteiger partial charge in [0.15, 0.2) is 17.3 Å². The van der Waals surface area contributed by atoms with E-state index in [1.165, 1.54) is 18.4 Å². The van der Waals surface area contributed by atoms with Crippen LogP contribution in [-0.4, -0.2) is 51.6 Å². The van der Waals surface area contributed by atoms with E-state index in [1.54, 1.807) is 23.1 Å². The van der Waals surface area contributed by atoms with Gasteiger partial charge >= 0.3 is 0 Å². The number of likely N-dealkylation sites (tertiary alicyclic amines) is 1. The summed E-state index contributed by atoms with van der Waals surface area (Å²) in [6.07, 6.45) is 2.54. The minimum Gasteiger partial charge on any atom is -0.486 e. The van der Waals surface area contributed by atoms with Gasteiger partial charge < -0.3 is 18.8 Å². The van der Waals surface area contributed by atoms with E-state index in [0.717, 1.165) is 0 Å². The Labute approximate surface area is 157 Å². The number of fused-ring (bicyclic) bond motifs is 1. The van der Waals surface area contributed by atoms with E-state index < -0.39 is 10.0 Å². The van der Waals surface area contributed by atoms with Crippen LogP contribution in [0.1, 0.15) is 23.4 Å². The number of nitrogens with one attached hydrogen (secondary N) is 1. The van der Waals surface area contributed by atoms with Crippen molar-refractivity contribution in [3.63, 3.8) is 0 Å². The molecule has 27 heavy (non-hydrogen) atoms. The SMILES string of the molecule is O=C(c1ccco1)N1CCC(NS(=O)(=O)c2ccc3c(c2)OCCO3)CC1. The molecule has 0 unspecified atom stereocenters. The average Bonchev–Trinajstić information content (AvgIpc) is 3.22. The molecule has 1 N–H and O–H groups in total. The van der Waals surface area contributed by atoms with Gasteiger partial charge in [0.1, 0.15) is 13.2 Å². The number of rotatable bonds is 4. The Bertz CT molecular complexity index is 917. The predicted octanol–water partition coefficient (Wildman–Crippen LogP) is 1.63. The maximum absolute atomic E-state index is 12.7. The monoisotopic (exact) mass is 392 g/mol. The van der Waals surface area contributed by atoms with E-state index >= 15 is 0 Å². The third kappa shape index (κ3) is 3.79. The van der Waals surface area contributed by atoms with Gasteiger partial charge in [0.2, 0.25) is 10.0 Å². The zero-order valence-electron chi connectivity index (χ0n) is 14.6. The molecule has 3 heterocycles. The van der Waals surface area contributed by atoms with Crippen molar-refractivity contribution in [1.82, 2.24) is 9.62 Å². The van der Waals surface area contributed by atoms with Gasteiger partial charge in [-0.1, -0.05) is 0 Å². The van der Waals surface area contributed by atoms with Gasteiger partial charge in [-0.2, -0.15) is 0 Å². The van der Waals surface area contributed by atoms with Crippen molar-refractivity contribution in [1.29, 1.82) is 0 Å². The van der Waals surface area contributed by atoms with E-state index in [2.05, 4.69) is 4.72 Å². The molecule has 1 fully saturated rings. The van der Waals surface area contributed by atoms with Crippen LogP contribution in [0.4, 0.5) is 0 Å². The third-order valence-corrected chi connectivity index (χ3v) is 6.18. The van der Waals surface area contributed by atoms with Crippen molar-refractivity contribution in [2.24, 2.45) is 0 Å². The molecule has 1 aromatic carbocycles. The minimum atomic E-state index is -3.68. The second-order valence-electron chi connectivity index (χ2n) is 6.47. The van der Waals surface area contributed by atoms with E-state index in [9.17, 15) is 13.2 Å². The number of furan rings is 1. The minimum absolute atomic E-state index is 0.140. The van der Waals surface area contributed by atoms with Gasteiger partial charge in [0, 0.05) is 25.2 Å². The lowest BCUT2D eigenvalue weighted by atomic mass is 10.1. The van der Waals surface area contributed by atoms with Gasteiger partial charge in [-0.05, 0) is 37.1 Å². The molecule has 0 bridgehead atoms. The van der Waals surface area contributed by atoms with Crippen LogP contribution >= 0.6 is 0 Å². The van der Waals surface area contributed by atoms with Crippen LogP contribution in [0.15, 0.2) is 45.9 Å². The molecule has 1 saturated heterocycles. The number of amides is 1. The summed E-state index contributed by atoms with van der Waals surface area (Å²) >= 11 is 0. The second-order valence-corrected chi connectivity index (χ2v) is 8.18. The molecule has 2 aliphatic rings. The molecule has 2 aromatic rings. The number of hydrogen-bond donors (Lipinski definition) is 1. The fourth-order valence-electron chi connectivity index (χ4n) is 3.23. The van der Waals surface area contributed by atoms with Crippen molar-refractivity contribution in [3.05, 3.63) is 42.4 Å². The molecular weight excluding hydrogens is 372 g/mol. The number of hydrogen-bond acceptors (Lipinski definition) is 6. The first-order valence-corrected chi connectivity index (χ1v) is 10.3. The number of nitrogens with zero attached hydrogens (tertiary/aromatic N) is 1. The molecular formula is C18H20N2O6S. The van der Waals surface area contributed by atoms with Crippen LogP contribution in [0.5, 0.6) is 11.5 Å². The molecule has 144 valence electrons. The highest BCUT2D eigenvalue weighted by atomic mass is 32.2. The maximum atomic E-state index is 12.7. The van der Waals surface area contributed by atoms with Crippen molar-refractivity contribution in [3.8, 4) is 11.5 Å². The third-order valence-electron chi connectivity index (χ3n) is 4.66. The van der Waals surface area contributed by atoms with Gasteiger partial charge in [-0.25, -0.2) is 13.1 Å². The summed E-state index contributed by atoms with van der Waals surface area (Å²) in [6.45, 7) is 1.78. The molecule has 1 aromatic heterocycles. The molecule has 1 amide bonds. The largest absolute Gasteiger partial charge is 0.486 e. The Morgan fingerprint density at radius 3 is 2.52 bits per heavy atom. The summed E-state index contributed by atoms with van der Waals surface area (Å²) in [5.74, 6) is 1.10. The summed E-state index contributed by atoms with van der Waals surface area (Å²) < 4.78 is 44.1. The number of benzene rings is 1. The lowest BCUT2D eigenvalue weighted by Crippen LogP contribution is -2.46. The van der Waals surface area contributed by atoms with Crippen LogP contribution < -0.4 is 14.2 Å². The number of carbonyl (C=O) groups excluding carboxylic acids is 1. The summed E-state index contributed by atoms with van der Waals surface area (Å²) in [5, 5.41) is 0. The standard InChI is InChI=1S/C18H20N2O6S/c21-18(16-2-1-9-24-16)20-7-5-13(6-8-20)19-27(22,23)14-3-4-15-17(12-14)26-11-10-25-15/h1-4,9,12-13,19H,5-8,10-11H2. The topological polar surface area (TPSA) is 98.1 Å². The molecule has 9 heteroatoms. The highest BCUT2D eigenvalue weighted by Crippen LogP contribution is 2.32. The predicted molar refractivity (Wildman–Crippen MR) is 95.4 cm³/mol. The van der Waals surface area contributed by atoms with Crippen LogP contribution in [0.2, 0.25) is 0 Å². The van der Waals surface area contributed by atoms with Crippen molar-refractivity contribution in [2.75, 3.05) is 26.3 Å². The molecule has 0 aliphatic carbocycles. The van der Waals surface area contributed by atoms with Gasteiger partial charge in [-0.15, -0.1) is 0 Å². The Morgan fingerprint density at radius 1 is 1.07 bits per heavy atom. The van der Waals surface area contributed by atoms with Gasteiger partial charge in [0.05, 0.1) is 11.2 Å². The lowest BCUT2D eigenvalue weighted by Gasteiger charge is -2.31. The highest BCUT2D eigenvalue weighted by molar-refractivity contribution is 7.89. The molecule has 0 spiro atoms. The summed E-state index contributed by atoms with van der Waals surface area (Å²) in [6, 6.07) is 7.65. The van der Waals surface area contributed by atoms with E-state index in [-0.39, 0.29) is 16.8 Å². The van der Waals surface area contributed by atoms with Gasteiger partial charge in [0.25, 0.3) is 5.91 Å². The first-order valence-electron chi connectivity index (χ1n) is 8.78. The van der Waals surface area contributed by atoms with Gasteiger partial charge in [-0.3, -0.25) is 4.79 Å². The second kappa shape index (κ2) is 7.24. The quantitative estimate of drug-likeness (QED) is 0.849. The van der Waals surface area contributed by atoms with Crippen LogP contribution in [0.3, 0.4) is 0 Å². The lowest BCUT2D eigenvalue weighted by molar-refractivity contribution is 0.0679. The van der Waals surface area contributed by atoms with Crippen LogP contribution in [0, 0.1) is 0 Å². The number of carbonyl (C=O) groups is 1. The molecule has 0 atom stereocenters. The first-order chi connectivity index (χ1) is 13.0. The number of piperidine rings is 1. The van der Waals surface area contributed by atoms with E-state index in [1.807, 2.05) is 0 Å². The molecule has 8 nitrogen and oxygen atoms in total. The summed E-state index contributed by atoms with van der Waals surface area (Å²) in [5.41, 5.74) is 0. The fourth-order valence-corrected chi connectivity index (χ4v) is 4.55. The molecule has 2 aliphatic heterocycles. The Balaban J connectivity index is 1.39. The molecule has 0 saturated carbocycles. The van der Waals surface area contributed by atoms with Crippen molar-refractivity contribution < 1.29 is 27.1 Å². The van der Waals surface area contributed by atoms with Crippen LogP contribution in [0.25, 0.3) is 0 Å². The van der Waals surface area contributed by atoms with E-state index in [4.69, 9.17) is 13.9 Å². The average molecular weight is 392 g/mol. The van der Waals surface area contributed by atoms with Crippen LogP contribution in [-0.2, 0) is 10.0 Å². The highest BCUT2D eigenvalue weighted by Gasteiger charge is 2.28. The smallest absolute Gasteiger partial charge is 0.289 e. The normalized spacial score (nSPS) is 17.7. The summed E-state index contributed by atoms with van der Waals surface area (Å²) in [4.78, 5) is 14.1. The zero-order valence-corrected chi connectivity index (χ0v) is 15.4. The maximum Gasteiger partial charge on any atom is 0.289 e. The first kappa shape index (κ1) is 17.9. The molecule has 0 radical (unpaired) electrons. The van der Waals surface area contributed by atoms with E-state index in [0.29, 0.717) is 56.4 Å². The number of sulfonamides is 1. The molecule has 4 rings (SSSR count). The Hall–Kier alpha value is -2.52. The van der Waals surface area contributed by atoms with Crippen molar-refractivity contribution in [2.45, 2.75) is 23.8 Å². The Morgan fingerprint density at radius 2 is 1.81 bits per heavy atom. The summed E-state index contributed by atoms with van der Waals surface area (Å²) in [7, 11) is -3.68. The number of ether oxygens (including phenoxy) is 2. The fraction of sp³-hybridized carbons (Fsp3) is 0.389. The Kier molecular flexibility index (Phi) is 4.79. The zero-order chi connectivity index (χ0) is 18.9. The van der Waals surface area contributed by atoms with Crippen molar-refractivity contribution >= 4 is 15.9 Å².